The van der Waals surface area contributed by atoms with Gasteiger partial charge in [0.25, 0.3) is 0 Å². The lowest BCUT2D eigenvalue weighted by Crippen LogP contribution is -2.25. The van der Waals surface area contributed by atoms with Crippen LogP contribution in [0.4, 0.5) is 5.69 Å². The van der Waals surface area contributed by atoms with Crippen LogP contribution in [0.1, 0.15) is 48.5 Å². The van der Waals surface area contributed by atoms with Gasteiger partial charge in [-0.15, -0.1) is 0 Å². The third kappa shape index (κ3) is 3.14. The fourth-order valence-electron chi connectivity index (χ4n) is 2.89. The number of nitrogens with zero attached hydrogens (tertiary/aromatic N) is 2. The first-order valence-corrected chi connectivity index (χ1v) is 6.88. The van der Waals surface area contributed by atoms with Crippen molar-refractivity contribution in [2.24, 2.45) is 5.92 Å². The van der Waals surface area contributed by atoms with Gasteiger partial charge in [0.2, 0.25) is 0 Å². The summed E-state index contributed by atoms with van der Waals surface area (Å²) in [6.45, 7) is 2.55. The van der Waals surface area contributed by atoms with E-state index in [0.717, 1.165) is 18.2 Å². The van der Waals surface area contributed by atoms with Crippen LogP contribution in [0.25, 0.3) is 0 Å². The zero-order valence-electron chi connectivity index (χ0n) is 11.6. The highest BCUT2D eigenvalue weighted by Gasteiger charge is 2.19. The SMILES string of the molecule is CC(=O)c1ccc(C#N)cc1N(C)CC1CCCC1. The summed E-state index contributed by atoms with van der Waals surface area (Å²) in [5.74, 6) is 0.772. The highest BCUT2D eigenvalue weighted by molar-refractivity contribution is 6.00. The second-order valence-corrected chi connectivity index (χ2v) is 5.43. The lowest BCUT2D eigenvalue weighted by Gasteiger charge is -2.25. The van der Waals surface area contributed by atoms with Gasteiger partial charge in [-0.1, -0.05) is 12.8 Å². The van der Waals surface area contributed by atoms with E-state index in [0.29, 0.717) is 11.1 Å². The molecule has 0 saturated heterocycles. The summed E-state index contributed by atoms with van der Waals surface area (Å²) in [7, 11) is 2.02. The molecule has 100 valence electrons. The molecule has 0 N–H and O–H groups in total. The second kappa shape index (κ2) is 5.88. The van der Waals surface area contributed by atoms with Crippen LogP contribution in [0.5, 0.6) is 0 Å². The summed E-state index contributed by atoms with van der Waals surface area (Å²) >= 11 is 0. The molecular weight excluding hydrogens is 236 g/mol. The Morgan fingerprint density at radius 3 is 2.68 bits per heavy atom. The van der Waals surface area contributed by atoms with Gasteiger partial charge in [0.05, 0.1) is 11.6 Å². The van der Waals surface area contributed by atoms with Gasteiger partial charge in [-0.25, -0.2) is 0 Å². The second-order valence-electron chi connectivity index (χ2n) is 5.43. The molecule has 1 aromatic rings. The first-order valence-electron chi connectivity index (χ1n) is 6.88. The van der Waals surface area contributed by atoms with Crippen molar-refractivity contribution in [1.82, 2.24) is 0 Å². The van der Waals surface area contributed by atoms with Crippen molar-refractivity contribution in [2.45, 2.75) is 32.6 Å². The quantitative estimate of drug-likeness (QED) is 0.776. The average molecular weight is 256 g/mol. The molecule has 1 fully saturated rings. The van der Waals surface area contributed by atoms with Crippen molar-refractivity contribution in [2.75, 3.05) is 18.5 Å². The average Bonchev–Trinajstić information content (AvgIpc) is 2.90. The Hall–Kier alpha value is -1.82. The Balaban J connectivity index is 2.24. The van der Waals surface area contributed by atoms with Gasteiger partial charge in [0.15, 0.2) is 5.78 Å². The van der Waals surface area contributed by atoms with Crippen LogP contribution in [0.2, 0.25) is 0 Å². The van der Waals surface area contributed by atoms with Crippen molar-refractivity contribution in [3.63, 3.8) is 0 Å². The summed E-state index contributed by atoms with van der Waals surface area (Å²) < 4.78 is 0. The summed E-state index contributed by atoms with van der Waals surface area (Å²) in [6, 6.07) is 7.45. The third-order valence-electron chi connectivity index (χ3n) is 3.92. The molecule has 1 aliphatic carbocycles. The van der Waals surface area contributed by atoms with Gasteiger partial charge in [0, 0.05) is 24.8 Å². The Kier molecular flexibility index (Phi) is 4.21. The number of carbonyl (C=O) groups excluding carboxylic acids is 1. The van der Waals surface area contributed by atoms with Crippen molar-refractivity contribution < 1.29 is 4.79 Å². The number of ketones is 1. The van der Waals surface area contributed by atoms with Gasteiger partial charge in [-0.3, -0.25) is 4.79 Å². The van der Waals surface area contributed by atoms with Crippen LogP contribution in [0, 0.1) is 17.2 Å². The highest BCUT2D eigenvalue weighted by atomic mass is 16.1. The lowest BCUT2D eigenvalue weighted by atomic mass is 10.0. The van der Waals surface area contributed by atoms with E-state index in [9.17, 15) is 4.79 Å². The van der Waals surface area contributed by atoms with Crippen LogP contribution in [-0.4, -0.2) is 19.4 Å². The Labute approximate surface area is 114 Å². The summed E-state index contributed by atoms with van der Waals surface area (Å²) in [5, 5.41) is 9.00. The Morgan fingerprint density at radius 2 is 2.11 bits per heavy atom. The van der Waals surface area contributed by atoms with Crippen LogP contribution < -0.4 is 4.90 Å². The van der Waals surface area contributed by atoms with Crippen molar-refractivity contribution in [3.05, 3.63) is 29.3 Å². The van der Waals surface area contributed by atoms with E-state index in [1.807, 2.05) is 13.1 Å². The number of hydrogen-bond acceptors (Lipinski definition) is 3. The molecule has 0 aliphatic heterocycles. The van der Waals surface area contributed by atoms with Gasteiger partial charge in [-0.05, 0) is 43.9 Å². The van der Waals surface area contributed by atoms with E-state index in [1.54, 1.807) is 19.1 Å². The number of rotatable bonds is 4. The van der Waals surface area contributed by atoms with E-state index in [-0.39, 0.29) is 5.78 Å². The molecular formula is C16H20N2O. The molecule has 0 heterocycles. The molecule has 3 heteroatoms. The van der Waals surface area contributed by atoms with Gasteiger partial charge in [0.1, 0.15) is 0 Å². The fraction of sp³-hybridized carbons (Fsp3) is 0.500. The highest BCUT2D eigenvalue weighted by Crippen LogP contribution is 2.28. The molecule has 0 atom stereocenters. The van der Waals surface area contributed by atoms with E-state index < -0.39 is 0 Å². The van der Waals surface area contributed by atoms with E-state index in [1.165, 1.54) is 25.7 Å². The van der Waals surface area contributed by atoms with Crippen LogP contribution in [-0.2, 0) is 0 Å². The number of anilines is 1. The molecule has 1 aliphatic rings. The normalized spacial score (nSPS) is 15.2. The smallest absolute Gasteiger partial charge is 0.161 e. The molecule has 3 nitrogen and oxygen atoms in total. The summed E-state index contributed by atoms with van der Waals surface area (Å²) in [4.78, 5) is 13.8. The number of nitriles is 1. The van der Waals surface area contributed by atoms with Gasteiger partial charge in [-0.2, -0.15) is 5.26 Å². The van der Waals surface area contributed by atoms with Crippen molar-refractivity contribution >= 4 is 11.5 Å². The lowest BCUT2D eigenvalue weighted by molar-refractivity contribution is 0.101. The maximum Gasteiger partial charge on any atom is 0.161 e. The van der Waals surface area contributed by atoms with Gasteiger partial charge >= 0.3 is 0 Å². The number of benzene rings is 1. The molecule has 1 saturated carbocycles. The molecule has 0 spiro atoms. The number of Topliss-reactive ketones (excluding diaryl/α,β-unsaturated/α-hetero) is 1. The maximum absolute atomic E-state index is 11.7. The molecule has 2 rings (SSSR count). The molecule has 0 unspecified atom stereocenters. The fourth-order valence-corrected chi connectivity index (χ4v) is 2.89. The minimum absolute atomic E-state index is 0.0535. The van der Waals surface area contributed by atoms with Gasteiger partial charge < -0.3 is 4.90 Å². The zero-order valence-corrected chi connectivity index (χ0v) is 11.6. The maximum atomic E-state index is 11.7. The largest absolute Gasteiger partial charge is 0.374 e. The minimum Gasteiger partial charge on any atom is -0.374 e. The standard InChI is InChI=1S/C16H20N2O/c1-12(19)15-8-7-14(10-17)9-16(15)18(2)11-13-5-3-4-6-13/h7-9,13H,3-6,11H2,1-2H3. The van der Waals surface area contributed by atoms with Crippen LogP contribution >= 0.6 is 0 Å². The summed E-state index contributed by atoms with van der Waals surface area (Å²) in [6.07, 6.45) is 5.18. The molecule has 0 radical (unpaired) electrons. The number of carbonyl (C=O) groups is 1. The molecule has 0 bridgehead atoms. The Morgan fingerprint density at radius 1 is 1.42 bits per heavy atom. The zero-order chi connectivity index (χ0) is 13.8. The van der Waals surface area contributed by atoms with E-state index >= 15 is 0 Å². The third-order valence-corrected chi connectivity index (χ3v) is 3.92. The first-order chi connectivity index (χ1) is 9.11. The topological polar surface area (TPSA) is 44.1 Å². The van der Waals surface area contributed by atoms with Crippen molar-refractivity contribution in [3.8, 4) is 6.07 Å². The predicted octanol–water partition coefficient (Wildman–Crippen LogP) is 3.39. The van der Waals surface area contributed by atoms with E-state index in [4.69, 9.17) is 5.26 Å². The van der Waals surface area contributed by atoms with Crippen molar-refractivity contribution in [1.29, 1.82) is 5.26 Å². The first kappa shape index (κ1) is 13.6. The molecule has 19 heavy (non-hydrogen) atoms. The summed E-state index contributed by atoms with van der Waals surface area (Å²) in [5.41, 5.74) is 2.20. The number of hydrogen-bond donors (Lipinski definition) is 0. The Bertz CT molecular complexity index is 510. The van der Waals surface area contributed by atoms with Crippen LogP contribution in [0.3, 0.4) is 0 Å². The molecule has 0 aromatic heterocycles. The molecule has 0 amide bonds. The molecule has 1 aromatic carbocycles. The van der Waals surface area contributed by atoms with Crippen LogP contribution in [0.15, 0.2) is 18.2 Å². The predicted molar refractivity (Wildman–Crippen MR) is 76.4 cm³/mol. The van der Waals surface area contributed by atoms with E-state index in [2.05, 4.69) is 11.0 Å². The minimum atomic E-state index is 0.0535. The monoisotopic (exact) mass is 256 g/mol.